The second-order valence-electron chi connectivity index (χ2n) is 8.80. The van der Waals surface area contributed by atoms with E-state index in [9.17, 15) is 19.8 Å². The molecule has 194 valence electrons. The van der Waals surface area contributed by atoms with Crippen molar-refractivity contribution < 1.29 is 29.6 Å². The zero-order chi connectivity index (χ0) is 26.7. The normalized spacial score (nSPS) is 22.8. The van der Waals surface area contributed by atoms with Gasteiger partial charge in [0.1, 0.15) is 30.1 Å². The van der Waals surface area contributed by atoms with Gasteiger partial charge in [0.05, 0.1) is 12.4 Å². The number of nitrogens with zero attached hydrogens (tertiary/aromatic N) is 4. The van der Waals surface area contributed by atoms with Gasteiger partial charge >= 0.3 is 5.97 Å². The van der Waals surface area contributed by atoms with Crippen LogP contribution in [-0.4, -0.2) is 71.1 Å². The van der Waals surface area contributed by atoms with E-state index in [2.05, 4.69) is 26.8 Å². The van der Waals surface area contributed by atoms with E-state index in [0.717, 1.165) is 0 Å². The predicted octanol–water partition coefficient (Wildman–Crippen LogP) is -0.623. The number of aromatic nitrogens is 4. The number of carboxylic acids is 1. The fraction of sp³-hybridized carbons (Fsp3) is 0.375. The Bertz CT molecular complexity index is 1370. The molecule has 1 amide bonds. The average molecular weight is 510 g/mol. The zero-order valence-corrected chi connectivity index (χ0v) is 19.6. The summed E-state index contributed by atoms with van der Waals surface area (Å²) in [4.78, 5) is 34.9. The Morgan fingerprint density at radius 2 is 1.95 bits per heavy atom. The third kappa shape index (κ3) is 5.68. The molecule has 0 aliphatic carbocycles. The first kappa shape index (κ1) is 26.0. The predicted molar refractivity (Wildman–Crippen MR) is 130 cm³/mol. The van der Waals surface area contributed by atoms with E-state index in [-0.39, 0.29) is 18.7 Å². The lowest BCUT2D eigenvalue weighted by molar-refractivity contribution is -0.138. The number of primary amides is 1. The number of hydrogen-bond acceptors (Lipinski definition) is 10. The summed E-state index contributed by atoms with van der Waals surface area (Å²) in [7, 11) is 0. The van der Waals surface area contributed by atoms with E-state index in [0.29, 0.717) is 28.7 Å². The van der Waals surface area contributed by atoms with Crippen molar-refractivity contribution >= 4 is 28.9 Å². The molecule has 6 atom stereocenters. The first-order valence-electron chi connectivity index (χ1n) is 11.5. The molecule has 13 nitrogen and oxygen atoms in total. The number of aliphatic hydroxyl groups excluding tert-OH is 2. The molecule has 0 bridgehead atoms. The van der Waals surface area contributed by atoms with Crippen LogP contribution in [0.3, 0.4) is 0 Å². The quantitative estimate of drug-likeness (QED) is 0.210. The summed E-state index contributed by atoms with van der Waals surface area (Å²) in [5.41, 5.74) is 18.4. The van der Waals surface area contributed by atoms with Crippen LogP contribution in [-0.2, 0) is 9.53 Å². The summed E-state index contributed by atoms with van der Waals surface area (Å²) in [5.74, 6) is 4.02. The Balaban J connectivity index is 1.56. The topological polar surface area (TPSA) is 226 Å². The van der Waals surface area contributed by atoms with Gasteiger partial charge in [-0.25, -0.2) is 15.0 Å². The number of hydrogen-bond donors (Lipinski definition) is 6. The maximum Gasteiger partial charge on any atom is 0.320 e. The van der Waals surface area contributed by atoms with Gasteiger partial charge in [-0.1, -0.05) is 17.9 Å². The van der Waals surface area contributed by atoms with E-state index in [1.165, 1.54) is 17.2 Å². The van der Waals surface area contributed by atoms with Crippen LogP contribution in [0.25, 0.3) is 11.2 Å². The van der Waals surface area contributed by atoms with Crippen molar-refractivity contribution in [2.24, 2.45) is 17.4 Å². The highest BCUT2D eigenvalue weighted by molar-refractivity contribution is 5.93. The number of aliphatic carboxylic acids is 1. The zero-order valence-electron chi connectivity index (χ0n) is 19.6. The molecule has 1 aliphatic rings. The van der Waals surface area contributed by atoms with Gasteiger partial charge in [0.15, 0.2) is 17.7 Å². The number of benzene rings is 1. The highest BCUT2D eigenvalue weighted by Crippen LogP contribution is 2.35. The van der Waals surface area contributed by atoms with Crippen LogP contribution in [0.5, 0.6) is 0 Å². The molecule has 0 spiro atoms. The third-order valence-electron chi connectivity index (χ3n) is 6.23. The van der Waals surface area contributed by atoms with Crippen LogP contribution in [0.1, 0.15) is 41.4 Å². The molecular formula is C24H27N7O6. The number of carbonyl (C=O) groups excluding carboxylic acids is 1. The number of carbonyl (C=O) groups is 2. The lowest BCUT2D eigenvalue weighted by Crippen LogP contribution is -2.33. The SMILES string of the molecule is NC(=O)c1cccc(C#C[C@@H](CC[C@H](N)C(=O)O)C[C@H]2O[C@@H](n3cnc4c(N)ncnc43)[C@H](O)[C@@H]2O)c1. The lowest BCUT2D eigenvalue weighted by atomic mass is 9.92. The molecule has 13 heteroatoms. The van der Waals surface area contributed by atoms with Crippen LogP contribution in [0, 0.1) is 17.8 Å². The fourth-order valence-corrected chi connectivity index (χ4v) is 4.18. The number of nitrogen functional groups attached to an aromatic ring is 1. The molecule has 0 saturated carbocycles. The van der Waals surface area contributed by atoms with Gasteiger partial charge in [-0.3, -0.25) is 14.2 Å². The maximum atomic E-state index is 11.5. The molecule has 2 aromatic heterocycles. The van der Waals surface area contributed by atoms with Crippen molar-refractivity contribution in [2.45, 2.75) is 49.8 Å². The fourth-order valence-electron chi connectivity index (χ4n) is 4.18. The number of aliphatic hydroxyl groups is 2. The van der Waals surface area contributed by atoms with Gasteiger partial charge in [-0.05, 0) is 37.5 Å². The minimum Gasteiger partial charge on any atom is -0.480 e. The molecule has 1 fully saturated rings. The van der Waals surface area contributed by atoms with Crippen molar-refractivity contribution in [1.82, 2.24) is 19.5 Å². The van der Waals surface area contributed by atoms with Crippen molar-refractivity contribution in [3.8, 4) is 11.8 Å². The van der Waals surface area contributed by atoms with Crippen molar-refractivity contribution in [3.63, 3.8) is 0 Å². The van der Waals surface area contributed by atoms with E-state index >= 15 is 0 Å². The van der Waals surface area contributed by atoms with E-state index in [1.54, 1.807) is 24.3 Å². The molecular weight excluding hydrogens is 482 g/mol. The number of imidazole rings is 1. The van der Waals surface area contributed by atoms with Gasteiger partial charge in [0, 0.05) is 17.0 Å². The van der Waals surface area contributed by atoms with Crippen LogP contribution in [0.4, 0.5) is 5.82 Å². The van der Waals surface area contributed by atoms with Gasteiger partial charge in [0.25, 0.3) is 0 Å². The molecule has 37 heavy (non-hydrogen) atoms. The molecule has 9 N–H and O–H groups in total. The number of amides is 1. The summed E-state index contributed by atoms with van der Waals surface area (Å²) in [6, 6.07) is 5.39. The summed E-state index contributed by atoms with van der Waals surface area (Å²) >= 11 is 0. The van der Waals surface area contributed by atoms with Crippen LogP contribution in [0.2, 0.25) is 0 Å². The first-order valence-corrected chi connectivity index (χ1v) is 11.5. The summed E-state index contributed by atoms with van der Waals surface area (Å²) in [5, 5.41) is 30.7. The molecule has 1 aliphatic heterocycles. The van der Waals surface area contributed by atoms with Crippen LogP contribution in [0.15, 0.2) is 36.9 Å². The van der Waals surface area contributed by atoms with E-state index < -0.39 is 48.4 Å². The monoisotopic (exact) mass is 509 g/mol. The Labute approximate surface area is 211 Å². The standard InChI is InChI=1S/C24H27N7O6/c25-15(24(35)36)7-6-13(5-4-12-2-1-3-14(8-12)21(27)34)9-16-18(32)19(33)23(37-16)31-11-30-17-20(26)28-10-29-22(17)31/h1-3,8,10-11,13,15-16,18-19,23,32-33H,6-7,9,25H2,(H2,27,34)(H,35,36)(H2,26,28,29)/t13-,15-,16+,18+,19+,23+/m0/s1. The number of nitrogens with two attached hydrogens (primary N) is 3. The summed E-state index contributed by atoms with van der Waals surface area (Å²) in [6.45, 7) is 0. The van der Waals surface area contributed by atoms with E-state index in [1.807, 2.05) is 0 Å². The average Bonchev–Trinajstić information content (AvgIpc) is 3.42. The largest absolute Gasteiger partial charge is 0.480 e. The second-order valence-corrected chi connectivity index (χ2v) is 8.80. The Kier molecular flexibility index (Phi) is 7.65. The van der Waals surface area contributed by atoms with Crippen molar-refractivity contribution in [3.05, 3.63) is 48.0 Å². The van der Waals surface area contributed by atoms with Crippen molar-refractivity contribution in [1.29, 1.82) is 0 Å². The molecule has 1 aromatic carbocycles. The third-order valence-corrected chi connectivity index (χ3v) is 6.23. The molecule has 0 radical (unpaired) electrons. The Morgan fingerprint density at radius 3 is 2.68 bits per heavy atom. The molecule has 3 heterocycles. The smallest absolute Gasteiger partial charge is 0.320 e. The Hall–Kier alpha value is -4.09. The minimum absolute atomic E-state index is 0.132. The van der Waals surface area contributed by atoms with Crippen LogP contribution >= 0.6 is 0 Å². The lowest BCUT2D eigenvalue weighted by Gasteiger charge is -2.19. The highest BCUT2D eigenvalue weighted by atomic mass is 16.6. The maximum absolute atomic E-state index is 11.5. The van der Waals surface area contributed by atoms with Gasteiger partial charge in [-0.15, -0.1) is 0 Å². The number of rotatable bonds is 8. The second kappa shape index (κ2) is 10.9. The Morgan fingerprint density at radius 1 is 1.16 bits per heavy atom. The number of anilines is 1. The highest BCUT2D eigenvalue weighted by Gasteiger charge is 2.44. The van der Waals surface area contributed by atoms with Gasteiger partial charge < -0.3 is 37.3 Å². The minimum atomic E-state index is -1.30. The van der Waals surface area contributed by atoms with Gasteiger partial charge in [-0.2, -0.15) is 0 Å². The summed E-state index contributed by atoms with van der Waals surface area (Å²) < 4.78 is 7.48. The van der Waals surface area contributed by atoms with Crippen LogP contribution < -0.4 is 17.2 Å². The van der Waals surface area contributed by atoms with E-state index in [4.69, 9.17) is 27.0 Å². The molecule has 0 unspecified atom stereocenters. The van der Waals surface area contributed by atoms with Gasteiger partial charge in [0.2, 0.25) is 5.91 Å². The summed E-state index contributed by atoms with van der Waals surface area (Å²) in [6.07, 6.45) is -1.15. The first-order chi connectivity index (χ1) is 17.7. The molecule has 4 rings (SSSR count). The number of fused-ring (bicyclic) bond motifs is 1. The van der Waals surface area contributed by atoms with Crippen molar-refractivity contribution in [2.75, 3.05) is 5.73 Å². The molecule has 1 saturated heterocycles. The molecule has 3 aromatic rings. The number of ether oxygens (including phenoxy) is 1. The number of carboxylic acid groups (broad SMARTS) is 1.